The first-order chi connectivity index (χ1) is 14.7. The number of nitrogens with zero attached hydrogens (tertiary/aromatic N) is 3. The summed E-state index contributed by atoms with van der Waals surface area (Å²) < 4.78 is 1.27. The van der Waals surface area contributed by atoms with Gasteiger partial charge in [0.25, 0.3) is 11.1 Å². The van der Waals surface area contributed by atoms with Crippen LogP contribution in [0.3, 0.4) is 0 Å². The first-order valence-corrected chi connectivity index (χ1v) is 10.2. The van der Waals surface area contributed by atoms with Crippen molar-refractivity contribution >= 4 is 17.4 Å². The summed E-state index contributed by atoms with van der Waals surface area (Å²) in [5.41, 5.74) is 6.14. The van der Waals surface area contributed by atoms with Crippen LogP contribution in [0.25, 0.3) is 0 Å². The van der Waals surface area contributed by atoms with E-state index in [1.54, 1.807) is 20.8 Å². The van der Waals surface area contributed by atoms with Crippen LogP contribution in [-0.4, -0.2) is 27.0 Å². The van der Waals surface area contributed by atoms with Gasteiger partial charge in [-0.15, -0.1) is 0 Å². The highest BCUT2D eigenvalue weighted by Crippen LogP contribution is 2.20. The van der Waals surface area contributed by atoms with Crippen LogP contribution in [0.4, 0.5) is 11.5 Å². The van der Waals surface area contributed by atoms with Gasteiger partial charge in [0.15, 0.2) is 5.69 Å². The lowest BCUT2D eigenvalue weighted by Gasteiger charge is -2.23. The molecule has 166 valence electrons. The topological polar surface area (TPSA) is 158 Å². The van der Waals surface area contributed by atoms with Crippen molar-refractivity contribution in [3.8, 4) is 6.07 Å². The third-order valence-electron chi connectivity index (χ3n) is 5.35. The predicted octanol–water partition coefficient (Wildman–Crippen LogP) is 1.08. The molecule has 10 nitrogen and oxygen atoms in total. The number of amides is 1. The van der Waals surface area contributed by atoms with Crippen LogP contribution >= 0.6 is 0 Å². The van der Waals surface area contributed by atoms with E-state index in [0.29, 0.717) is 29.8 Å². The van der Waals surface area contributed by atoms with Crippen LogP contribution in [0.1, 0.15) is 55.5 Å². The summed E-state index contributed by atoms with van der Waals surface area (Å²) in [5, 5.41) is 9.21. The zero-order valence-corrected chi connectivity index (χ0v) is 18.3. The van der Waals surface area contributed by atoms with Gasteiger partial charge in [0.05, 0.1) is 0 Å². The van der Waals surface area contributed by atoms with Crippen LogP contribution in [0.5, 0.6) is 0 Å². The molecule has 0 aliphatic carbocycles. The van der Waals surface area contributed by atoms with Crippen LogP contribution < -0.4 is 27.4 Å². The monoisotopic (exact) mass is 428 g/mol. The molecule has 0 radical (unpaired) electrons. The normalized spacial score (nSPS) is 10.7. The number of aryl methyl sites for hydroxylation is 1. The minimum absolute atomic E-state index is 0.0177. The van der Waals surface area contributed by atoms with Gasteiger partial charge in [-0.3, -0.25) is 23.9 Å². The number of anilines is 2. The van der Waals surface area contributed by atoms with Crippen LogP contribution in [0.2, 0.25) is 0 Å². The Bertz CT molecular complexity index is 1200. The highest BCUT2D eigenvalue weighted by atomic mass is 16.2. The third kappa shape index (κ3) is 4.77. The SMILES string of the molecule is CCCCn1c(N)c(N(CC)C(=O)CCc2c(C)[nH]c(=O)c(C#N)c2C)c(=O)[nH]c1=O. The molecule has 0 saturated carbocycles. The number of aromatic amines is 2. The molecule has 0 spiro atoms. The van der Waals surface area contributed by atoms with E-state index in [1.165, 1.54) is 9.47 Å². The Labute approximate surface area is 179 Å². The van der Waals surface area contributed by atoms with Gasteiger partial charge in [-0.2, -0.15) is 5.26 Å². The Morgan fingerprint density at radius 1 is 1.16 bits per heavy atom. The smallest absolute Gasteiger partial charge is 0.330 e. The number of nitrogen functional groups attached to an aromatic ring is 1. The Morgan fingerprint density at radius 3 is 2.42 bits per heavy atom. The van der Waals surface area contributed by atoms with Crippen molar-refractivity contribution in [1.82, 2.24) is 14.5 Å². The Balaban J connectivity index is 2.38. The first kappa shape index (κ1) is 23.7. The molecule has 0 saturated heterocycles. The van der Waals surface area contributed by atoms with E-state index in [4.69, 9.17) is 5.73 Å². The summed E-state index contributed by atoms with van der Waals surface area (Å²) in [6, 6.07) is 1.89. The van der Waals surface area contributed by atoms with Crippen molar-refractivity contribution in [2.75, 3.05) is 17.2 Å². The molecule has 31 heavy (non-hydrogen) atoms. The number of hydrogen-bond acceptors (Lipinski definition) is 6. The summed E-state index contributed by atoms with van der Waals surface area (Å²) in [6.45, 7) is 7.58. The van der Waals surface area contributed by atoms with Crippen LogP contribution in [-0.2, 0) is 17.8 Å². The van der Waals surface area contributed by atoms with E-state index >= 15 is 0 Å². The van der Waals surface area contributed by atoms with E-state index in [-0.39, 0.29) is 42.4 Å². The van der Waals surface area contributed by atoms with Gasteiger partial charge < -0.3 is 15.6 Å². The Hall–Kier alpha value is -3.61. The number of nitrogens with one attached hydrogen (secondary N) is 2. The lowest BCUT2D eigenvalue weighted by molar-refractivity contribution is -0.118. The maximum absolute atomic E-state index is 13.0. The van der Waals surface area contributed by atoms with Gasteiger partial charge in [0.1, 0.15) is 17.5 Å². The summed E-state index contributed by atoms with van der Waals surface area (Å²) in [6.07, 6.45) is 1.83. The van der Waals surface area contributed by atoms with Gasteiger partial charge >= 0.3 is 5.69 Å². The highest BCUT2D eigenvalue weighted by Gasteiger charge is 2.23. The molecule has 0 aliphatic heterocycles. The van der Waals surface area contributed by atoms with E-state index in [0.717, 1.165) is 6.42 Å². The van der Waals surface area contributed by atoms with Gasteiger partial charge in [-0.1, -0.05) is 13.3 Å². The lowest BCUT2D eigenvalue weighted by Crippen LogP contribution is -2.41. The fourth-order valence-corrected chi connectivity index (χ4v) is 3.62. The first-order valence-electron chi connectivity index (χ1n) is 10.2. The number of carbonyl (C=O) groups is 1. The molecule has 1 amide bonds. The summed E-state index contributed by atoms with van der Waals surface area (Å²) in [5.74, 6) is -0.399. The molecule has 0 aromatic carbocycles. The molecule has 2 rings (SSSR count). The molecule has 0 bridgehead atoms. The second kappa shape index (κ2) is 9.93. The molecule has 0 atom stereocenters. The number of H-pyrrole nitrogens is 2. The fourth-order valence-electron chi connectivity index (χ4n) is 3.62. The average Bonchev–Trinajstić information content (AvgIpc) is 2.70. The molecule has 10 heteroatoms. The third-order valence-corrected chi connectivity index (χ3v) is 5.35. The average molecular weight is 428 g/mol. The molecule has 2 aromatic heterocycles. The number of rotatable bonds is 8. The predicted molar refractivity (Wildman–Crippen MR) is 118 cm³/mol. The minimum Gasteiger partial charge on any atom is -0.383 e. The quantitative estimate of drug-likeness (QED) is 0.571. The second-order valence-electron chi connectivity index (χ2n) is 7.31. The number of nitriles is 1. The minimum atomic E-state index is -0.714. The second-order valence-corrected chi connectivity index (χ2v) is 7.31. The van der Waals surface area contributed by atoms with E-state index in [2.05, 4.69) is 9.97 Å². The number of aromatic nitrogens is 3. The molecular formula is C21H28N6O4. The van der Waals surface area contributed by atoms with Gasteiger partial charge in [-0.05, 0) is 44.7 Å². The zero-order valence-electron chi connectivity index (χ0n) is 18.3. The number of pyridine rings is 1. The van der Waals surface area contributed by atoms with E-state index < -0.39 is 16.8 Å². The number of hydrogen-bond donors (Lipinski definition) is 3. The van der Waals surface area contributed by atoms with Crippen molar-refractivity contribution in [2.45, 2.75) is 59.9 Å². The van der Waals surface area contributed by atoms with Gasteiger partial charge in [0.2, 0.25) is 5.91 Å². The van der Waals surface area contributed by atoms with Crippen molar-refractivity contribution < 1.29 is 4.79 Å². The Kier molecular flexibility index (Phi) is 7.58. The number of carbonyl (C=O) groups excluding carboxylic acids is 1. The molecule has 4 N–H and O–H groups in total. The van der Waals surface area contributed by atoms with Crippen LogP contribution in [0, 0.1) is 25.2 Å². The molecule has 0 fully saturated rings. The largest absolute Gasteiger partial charge is 0.383 e. The van der Waals surface area contributed by atoms with Gasteiger partial charge in [-0.25, -0.2) is 4.79 Å². The molecule has 2 aromatic rings. The molecule has 0 unspecified atom stereocenters. The highest BCUT2D eigenvalue weighted by molar-refractivity contribution is 5.95. The van der Waals surface area contributed by atoms with Gasteiger partial charge in [0, 0.05) is 25.2 Å². The fraction of sp³-hybridized carbons (Fsp3) is 0.476. The molecular weight excluding hydrogens is 400 g/mol. The maximum Gasteiger partial charge on any atom is 0.330 e. The summed E-state index contributed by atoms with van der Waals surface area (Å²) >= 11 is 0. The number of unbranched alkanes of at least 4 members (excludes halogenated alkanes) is 1. The molecule has 2 heterocycles. The summed E-state index contributed by atoms with van der Waals surface area (Å²) in [7, 11) is 0. The van der Waals surface area contributed by atoms with Crippen molar-refractivity contribution in [3.63, 3.8) is 0 Å². The van der Waals surface area contributed by atoms with Crippen molar-refractivity contribution in [1.29, 1.82) is 5.26 Å². The standard InChI is InChI=1S/C21H28N6O4/c1-5-7-10-27-18(23)17(20(30)25-21(27)31)26(6-2)16(28)9-8-14-12(3)15(11-22)19(29)24-13(14)4/h5-10,23H2,1-4H3,(H,24,29)(H,25,30,31). The van der Waals surface area contributed by atoms with E-state index in [9.17, 15) is 24.4 Å². The van der Waals surface area contributed by atoms with Crippen molar-refractivity contribution in [3.05, 3.63) is 53.6 Å². The van der Waals surface area contributed by atoms with E-state index in [1.807, 2.05) is 13.0 Å². The summed E-state index contributed by atoms with van der Waals surface area (Å²) in [4.78, 5) is 55.7. The maximum atomic E-state index is 13.0. The lowest BCUT2D eigenvalue weighted by atomic mass is 9.99. The Morgan fingerprint density at radius 2 is 1.84 bits per heavy atom. The van der Waals surface area contributed by atoms with Crippen molar-refractivity contribution in [2.24, 2.45) is 0 Å². The zero-order chi connectivity index (χ0) is 23.3. The van der Waals surface area contributed by atoms with Crippen LogP contribution in [0.15, 0.2) is 14.4 Å². The molecule has 0 aliphatic rings. The number of nitrogens with two attached hydrogens (primary N) is 1.